The Balaban J connectivity index is 1.38. The average molecular weight is 463 g/mol. The molecule has 2 aromatic carbocycles. The summed E-state index contributed by atoms with van der Waals surface area (Å²) in [7, 11) is 1.38. The van der Waals surface area contributed by atoms with E-state index in [0.717, 1.165) is 12.1 Å². The lowest BCUT2D eigenvalue weighted by atomic mass is 9.82. The second kappa shape index (κ2) is 9.18. The van der Waals surface area contributed by atoms with E-state index in [1.54, 1.807) is 24.3 Å². The summed E-state index contributed by atoms with van der Waals surface area (Å²) < 4.78 is 35.1. The first-order valence-electron chi connectivity index (χ1n) is 9.95. The Bertz CT molecular complexity index is 1200. The van der Waals surface area contributed by atoms with Crippen LogP contribution >= 0.6 is 11.6 Å². The first-order chi connectivity index (χ1) is 15.4. The Morgan fingerprint density at radius 3 is 2.62 bits per heavy atom. The Kier molecular flexibility index (Phi) is 6.34. The molecule has 1 fully saturated rings. The van der Waals surface area contributed by atoms with Crippen molar-refractivity contribution in [3.63, 3.8) is 0 Å². The summed E-state index contributed by atoms with van der Waals surface area (Å²) in [4.78, 5) is 23.8. The molecule has 7 nitrogen and oxygen atoms in total. The molecule has 9 heteroatoms. The monoisotopic (exact) mass is 462 g/mol. The van der Waals surface area contributed by atoms with Gasteiger partial charge in [-0.3, -0.25) is 9.59 Å². The maximum Gasteiger partial charge on any atom is 0.308 e. The maximum absolute atomic E-state index is 13.5. The van der Waals surface area contributed by atoms with Crippen LogP contribution in [0.1, 0.15) is 12.8 Å². The maximum atomic E-state index is 13.5. The summed E-state index contributed by atoms with van der Waals surface area (Å²) in [5.74, 6) is -1.14. The molecule has 1 N–H and O–H groups in total. The minimum absolute atomic E-state index is 0.00576. The highest BCUT2D eigenvalue weighted by atomic mass is 35.5. The zero-order chi connectivity index (χ0) is 22.8. The van der Waals surface area contributed by atoms with E-state index < -0.39 is 17.0 Å². The van der Waals surface area contributed by atoms with Gasteiger partial charge in [-0.25, -0.2) is 4.39 Å². The predicted octanol–water partition coefficient (Wildman–Crippen LogP) is 4.31. The molecule has 0 amide bonds. The lowest BCUT2D eigenvalue weighted by Crippen LogP contribution is -2.37. The van der Waals surface area contributed by atoms with Crippen LogP contribution in [-0.2, 0) is 14.3 Å². The summed E-state index contributed by atoms with van der Waals surface area (Å²) in [6.07, 6.45) is 1.33. The molecular formula is C23H20ClFO7. The molecule has 0 spiro atoms. The van der Waals surface area contributed by atoms with E-state index >= 15 is 0 Å². The lowest BCUT2D eigenvalue weighted by molar-refractivity contribution is -0.155. The highest BCUT2D eigenvalue weighted by Crippen LogP contribution is 2.34. The van der Waals surface area contributed by atoms with Crippen LogP contribution in [0, 0.1) is 11.7 Å². The first kappa shape index (κ1) is 22.1. The Morgan fingerprint density at radius 2 is 1.94 bits per heavy atom. The molecule has 32 heavy (non-hydrogen) atoms. The number of methoxy groups -OCH3 is 1. The van der Waals surface area contributed by atoms with E-state index in [2.05, 4.69) is 0 Å². The Hall–Kier alpha value is -3.10. The van der Waals surface area contributed by atoms with Crippen LogP contribution in [0.15, 0.2) is 45.6 Å². The third-order valence-electron chi connectivity index (χ3n) is 5.34. The molecule has 1 aromatic heterocycles. The molecule has 4 rings (SSSR count). The van der Waals surface area contributed by atoms with E-state index in [9.17, 15) is 19.1 Å². The number of aromatic hydroxyl groups is 1. The number of esters is 1. The number of hydrogen-bond acceptors (Lipinski definition) is 7. The molecule has 0 radical (unpaired) electrons. The fourth-order valence-electron chi connectivity index (χ4n) is 3.55. The quantitative estimate of drug-likeness (QED) is 0.413. The van der Waals surface area contributed by atoms with Crippen LogP contribution in [0.2, 0.25) is 5.02 Å². The molecular weight excluding hydrogens is 443 g/mol. The normalized spacial score (nSPS) is 17.7. The van der Waals surface area contributed by atoms with Crippen LogP contribution < -0.4 is 10.2 Å². The number of fused-ring (bicyclic) bond motifs is 1. The van der Waals surface area contributed by atoms with Gasteiger partial charge in [0.25, 0.3) is 0 Å². The van der Waals surface area contributed by atoms with Crippen molar-refractivity contribution in [3.05, 3.63) is 57.5 Å². The van der Waals surface area contributed by atoms with Crippen molar-refractivity contribution >= 4 is 28.5 Å². The SMILES string of the molecule is COC(=O)C1CC(OCCOc2ccc(-c3oc4c(Cl)cc(F)cc4c(=O)c3O)cc2)C1. The molecule has 0 unspecified atom stereocenters. The van der Waals surface area contributed by atoms with Gasteiger partial charge in [-0.1, -0.05) is 11.6 Å². The van der Waals surface area contributed by atoms with Crippen molar-refractivity contribution in [2.75, 3.05) is 20.3 Å². The summed E-state index contributed by atoms with van der Waals surface area (Å²) in [6.45, 7) is 0.686. The first-order valence-corrected chi connectivity index (χ1v) is 10.3. The molecule has 3 aromatic rings. The van der Waals surface area contributed by atoms with Gasteiger partial charge >= 0.3 is 5.97 Å². The zero-order valence-corrected chi connectivity index (χ0v) is 17.9. The largest absolute Gasteiger partial charge is 0.502 e. The second-order valence-electron chi connectivity index (χ2n) is 7.43. The van der Waals surface area contributed by atoms with Gasteiger partial charge in [0.1, 0.15) is 18.2 Å². The summed E-state index contributed by atoms with van der Waals surface area (Å²) in [5.41, 5.74) is -0.354. The van der Waals surface area contributed by atoms with Crippen LogP contribution in [0.4, 0.5) is 4.39 Å². The van der Waals surface area contributed by atoms with Crippen molar-refractivity contribution < 1.29 is 32.9 Å². The minimum Gasteiger partial charge on any atom is -0.502 e. The lowest BCUT2D eigenvalue weighted by Gasteiger charge is -2.32. The smallest absolute Gasteiger partial charge is 0.308 e. The van der Waals surface area contributed by atoms with E-state index in [1.165, 1.54) is 7.11 Å². The minimum atomic E-state index is -0.773. The fraction of sp³-hybridized carbons (Fsp3) is 0.304. The van der Waals surface area contributed by atoms with Gasteiger partial charge in [0.2, 0.25) is 11.2 Å². The summed E-state index contributed by atoms with van der Waals surface area (Å²) in [5, 5.41) is 10.1. The standard InChI is InChI=1S/C23H20ClFO7/c1-29-23(28)13-8-16(9-13)31-7-6-30-15-4-2-12(3-5-15)21-20(27)19(26)17-10-14(25)11-18(24)22(17)32-21/h2-5,10-11,13,16,27H,6-9H2,1H3. The van der Waals surface area contributed by atoms with E-state index in [-0.39, 0.29) is 39.7 Å². The number of carbonyl (C=O) groups excluding carboxylic acids is 1. The van der Waals surface area contributed by atoms with Gasteiger partial charge < -0.3 is 23.7 Å². The van der Waals surface area contributed by atoms with Gasteiger partial charge in [-0.2, -0.15) is 0 Å². The summed E-state index contributed by atoms with van der Waals surface area (Å²) in [6, 6.07) is 8.54. The molecule has 0 bridgehead atoms. The molecule has 1 aliphatic carbocycles. The number of ether oxygens (including phenoxy) is 3. The highest BCUT2D eigenvalue weighted by molar-refractivity contribution is 6.34. The Labute approximate surface area is 187 Å². The third-order valence-corrected chi connectivity index (χ3v) is 5.62. The van der Waals surface area contributed by atoms with E-state index in [1.807, 2.05) is 0 Å². The van der Waals surface area contributed by atoms with Crippen LogP contribution in [-0.4, -0.2) is 37.5 Å². The summed E-state index contributed by atoms with van der Waals surface area (Å²) >= 11 is 6.00. The van der Waals surface area contributed by atoms with E-state index in [0.29, 0.717) is 37.4 Å². The number of rotatable bonds is 7. The van der Waals surface area contributed by atoms with Crippen molar-refractivity contribution in [1.29, 1.82) is 0 Å². The third kappa shape index (κ3) is 4.42. The second-order valence-corrected chi connectivity index (χ2v) is 7.84. The number of benzene rings is 2. The molecule has 0 saturated heterocycles. The van der Waals surface area contributed by atoms with Crippen molar-refractivity contribution in [2.24, 2.45) is 5.92 Å². The van der Waals surface area contributed by atoms with E-state index in [4.69, 9.17) is 30.2 Å². The van der Waals surface area contributed by atoms with Crippen LogP contribution in [0.3, 0.4) is 0 Å². The van der Waals surface area contributed by atoms with Gasteiger partial charge in [0, 0.05) is 5.56 Å². The number of carbonyl (C=O) groups is 1. The van der Waals surface area contributed by atoms with Gasteiger partial charge in [0.15, 0.2) is 11.3 Å². The predicted molar refractivity (Wildman–Crippen MR) is 115 cm³/mol. The van der Waals surface area contributed by atoms with Gasteiger partial charge in [0.05, 0.1) is 36.1 Å². The van der Waals surface area contributed by atoms with Gasteiger partial charge in [-0.05, 0) is 49.2 Å². The van der Waals surface area contributed by atoms with Crippen LogP contribution in [0.5, 0.6) is 11.5 Å². The zero-order valence-electron chi connectivity index (χ0n) is 17.1. The number of halogens is 2. The molecule has 168 valence electrons. The highest BCUT2D eigenvalue weighted by Gasteiger charge is 2.35. The van der Waals surface area contributed by atoms with Crippen LogP contribution in [0.25, 0.3) is 22.3 Å². The molecule has 0 aliphatic heterocycles. The fourth-order valence-corrected chi connectivity index (χ4v) is 3.79. The van der Waals surface area contributed by atoms with Crippen molar-refractivity contribution in [3.8, 4) is 22.8 Å². The van der Waals surface area contributed by atoms with Crippen molar-refractivity contribution in [2.45, 2.75) is 18.9 Å². The van der Waals surface area contributed by atoms with Gasteiger partial charge in [-0.15, -0.1) is 0 Å². The molecule has 1 heterocycles. The van der Waals surface area contributed by atoms with Crippen molar-refractivity contribution in [1.82, 2.24) is 0 Å². The number of hydrogen-bond donors (Lipinski definition) is 1. The topological polar surface area (TPSA) is 95.2 Å². The average Bonchev–Trinajstić information content (AvgIpc) is 2.75. The molecule has 1 aliphatic rings. The Morgan fingerprint density at radius 1 is 1.22 bits per heavy atom. The molecule has 1 saturated carbocycles. The molecule has 0 atom stereocenters.